The summed E-state index contributed by atoms with van der Waals surface area (Å²) < 4.78 is 0. The van der Waals surface area contributed by atoms with Crippen molar-refractivity contribution >= 4 is 34.7 Å². The molecule has 0 unspecified atom stereocenters. The molecular formula is C29H42N4O3. The molecule has 2 atom stereocenters. The summed E-state index contributed by atoms with van der Waals surface area (Å²) in [5, 5.41) is 6.71. The van der Waals surface area contributed by atoms with Gasteiger partial charge in [0.15, 0.2) is 0 Å². The number of carbonyl (C=O) groups is 3. The number of allylic oxidation sites excluding steroid dienone is 2. The summed E-state index contributed by atoms with van der Waals surface area (Å²) in [4.78, 5) is 43.1. The number of carbonyl (C=O) groups excluding carboxylic acids is 3. The molecule has 0 saturated carbocycles. The summed E-state index contributed by atoms with van der Waals surface area (Å²) >= 11 is 0. The van der Waals surface area contributed by atoms with Crippen molar-refractivity contribution in [2.45, 2.75) is 73.4 Å². The normalized spacial score (nSPS) is 13.2. The first-order valence-electron chi connectivity index (χ1n) is 12.7. The minimum atomic E-state index is -0.686. The Bertz CT molecular complexity index is 1120. The van der Waals surface area contributed by atoms with Crippen LogP contribution in [0.4, 0.5) is 0 Å². The van der Waals surface area contributed by atoms with Crippen LogP contribution in [-0.2, 0) is 20.8 Å². The Morgan fingerprint density at radius 3 is 2.31 bits per heavy atom. The highest BCUT2D eigenvalue weighted by atomic mass is 16.2. The summed E-state index contributed by atoms with van der Waals surface area (Å²) in [5.74, 6) is -0.710. The van der Waals surface area contributed by atoms with Crippen LogP contribution in [0, 0.1) is 11.8 Å². The number of fused-ring (bicyclic) bond motifs is 1. The molecule has 0 aliphatic carbocycles. The van der Waals surface area contributed by atoms with Gasteiger partial charge in [-0.15, -0.1) is 0 Å². The van der Waals surface area contributed by atoms with Gasteiger partial charge < -0.3 is 20.5 Å². The third-order valence-electron chi connectivity index (χ3n) is 6.12. The highest BCUT2D eigenvalue weighted by Gasteiger charge is 2.33. The van der Waals surface area contributed by atoms with Crippen LogP contribution in [0.15, 0.2) is 42.1 Å². The molecule has 0 bridgehead atoms. The molecule has 36 heavy (non-hydrogen) atoms. The van der Waals surface area contributed by atoms with Crippen LogP contribution in [0.25, 0.3) is 17.0 Å². The number of rotatable bonds is 11. The first-order chi connectivity index (χ1) is 16.9. The van der Waals surface area contributed by atoms with Crippen LogP contribution < -0.4 is 10.6 Å². The molecule has 0 saturated heterocycles. The monoisotopic (exact) mass is 494 g/mol. The Morgan fingerprint density at radius 2 is 1.72 bits per heavy atom. The van der Waals surface area contributed by atoms with Gasteiger partial charge in [0.2, 0.25) is 17.7 Å². The summed E-state index contributed by atoms with van der Waals surface area (Å²) in [7, 11) is 1.63. The van der Waals surface area contributed by atoms with Crippen molar-refractivity contribution in [2.75, 3.05) is 7.05 Å². The van der Waals surface area contributed by atoms with Crippen molar-refractivity contribution in [1.82, 2.24) is 20.5 Å². The summed E-state index contributed by atoms with van der Waals surface area (Å²) in [5.41, 5.74) is 4.38. The van der Waals surface area contributed by atoms with Gasteiger partial charge in [-0.3, -0.25) is 14.4 Å². The SMILES string of the molecule is CC(=O)N[C@H](C(=O)N(C)[C@@H](CC(C)C)C(=O)N/C=C\c1c(CC=C(C)C)[nH]c2ccccc12)C(C)C. The van der Waals surface area contributed by atoms with Crippen LogP contribution in [-0.4, -0.2) is 46.7 Å². The maximum absolute atomic E-state index is 13.3. The van der Waals surface area contributed by atoms with Gasteiger partial charge in [0.25, 0.3) is 0 Å². The van der Waals surface area contributed by atoms with E-state index in [-0.39, 0.29) is 29.6 Å². The zero-order valence-corrected chi connectivity index (χ0v) is 22.9. The lowest BCUT2D eigenvalue weighted by Gasteiger charge is -2.32. The van der Waals surface area contributed by atoms with Gasteiger partial charge in [0.1, 0.15) is 12.1 Å². The van der Waals surface area contributed by atoms with Crippen molar-refractivity contribution < 1.29 is 14.4 Å². The fourth-order valence-electron chi connectivity index (χ4n) is 4.17. The molecule has 3 N–H and O–H groups in total. The summed E-state index contributed by atoms with van der Waals surface area (Å²) in [6.07, 6.45) is 7.00. The second-order valence-corrected chi connectivity index (χ2v) is 10.4. The number of nitrogens with one attached hydrogen (secondary N) is 3. The van der Waals surface area contributed by atoms with Gasteiger partial charge in [-0.25, -0.2) is 0 Å². The molecule has 0 aliphatic heterocycles. The highest BCUT2D eigenvalue weighted by Crippen LogP contribution is 2.24. The topological polar surface area (TPSA) is 94.3 Å². The third kappa shape index (κ3) is 7.83. The molecule has 0 fully saturated rings. The number of likely N-dealkylation sites (N-methyl/N-ethyl adjacent to an activating group) is 1. The first-order valence-corrected chi connectivity index (χ1v) is 12.7. The number of aromatic nitrogens is 1. The van der Waals surface area contributed by atoms with Crippen molar-refractivity contribution in [3.05, 3.63) is 53.4 Å². The van der Waals surface area contributed by atoms with Crippen LogP contribution >= 0.6 is 0 Å². The molecule has 0 spiro atoms. The van der Waals surface area contributed by atoms with E-state index in [4.69, 9.17) is 0 Å². The van der Waals surface area contributed by atoms with E-state index in [1.54, 1.807) is 13.2 Å². The first kappa shape index (κ1) is 28.9. The van der Waals surface area contributed by atoms with E-state index in [9.17, 15) is 14.4 Å². The number of benzene rings is 1. The van der Waals surface area contributed by atoms with Gasteiger partial charge in [-0.1, -0.05) is 57.5 Å². The lowest BCUT2D eigenvalue weighted by molar-refractivity contribution is -0.142. The third-order valence-corrected chi connectivity index (χ3v) is 6.12. The standard InChI is InChI=1S/C29H42N4O3/c1-18(2)13-14-25-23(22-11-9-10-12-24(22)32-25)15-16-30-28(35)26(17-19(3)4)33(8)29(36)27(20(5)6)31-21(7)34/h9-13,15-16,19-20,26-27,32H,14,17H2,1-8H3,(H,30,35)(H,31,34)/b16-15-/t26-,27-/m0/s1. The maximum atomic E-state index is 13.3. The lowest BCUT2D eigenvalue weighted by Crippen LogP contribution is -2.55. The van der Waals surface area contributed by atoms with Crippen molar-refractivity contribution in [3.63, 3.8) is 0 Å². The highest BCUT2D eigenvalue weighted by molar-refractivity contribution is 5.93. The molecule has 2 aromatic rings. The van der Waals surface area contributed by atoms with Crippen molar-refractivity contribution in [3.8, 4) is 0 Å². The average molecular weight is 495 g/mol. The lowest BCUT2D eigenvalue weighted by atomic mass is 9.98. The Labute approximate surface area is 215 Å². The van der Waals surface area contributed by atoms with E-state index in [1.807, 2.05) is 52.0 Å². The van der Waals surface area contributed by atoms with Gasteiger partial charge in [-0.2, -0.15) is 0 Å². The minimum Gasteiger partial charge on any atom is -0.358 e. The van der Waals surface area contributed by atoms with Gasteiger partial charge >= 0.3 is 0 Å². The molecular weight excluding hydrogens is 452 g/mol. The van der Waals surface area contributed by atoms with Crippen molar-refractivity contribution in [1.29, 1.82) is 0 Å². The number of nitrogens with zero attached hydrogens (tertiary/aromatic N) is 1. The number of hydrogen-bond donors (Lipinski definition) is 3. The zero-order valence-electron chi connectivity index (χ0n) is 22.9. The summed E-state index contributed by atoms with van der Waals surface area (Å²) in [6.45, 7) is 13.3. The summed E-state index contributed by atoms with van der Waals surface area (Å²) in [6, 6.07) is 6.74. The molecule has 1 aromatic carbocycles. The van der Waals surface area contributed by atoms with Gasteiger partial charge in [0.05, 0.1) is 0 Å². The van der Waals surface area contributed by atoms with Gasteiger partial charge in [-0.05, 0) is 44.2 Å². The molecule has 2 rings (SSSR count). The number of aromatic amines is 1. The molecule has 3 amide bonds. The molecule has 0 radical (unpaired) electrons. The number of para-hydroxylation sites is 1. The van der Waals surface area contributed by atoms with E-state index >= 15 is 0 Å². The number of H-pyrrole nitrogens is 1. The largest absolute Gasteiger partial charge is 0.358 e. The van der Waals surface area contributed by atoms with E-state index in [0.717, 1.165) is 28.6 Å². The van der Waals surface area contributed by atoms with Crippen molar-refractivity contribution in [2.24, 2.45) is 11.8 Å². The van der Waals surface area contributed by atoms with Crippen LogP contribution in [0.5, 0.6) is 0 Å². The molecule has 0 aliphatic rings. The van der Waals surface area contributed by atoms with E-state index in [0.29, 0.717) is 6.42 Å². The Morgan fingerprint density at radius 1 is 1.06 bits per heavy atom. The second-order valence-electron chi connectivity index (χ2n) is 10.4. The molecule has 1 aromatic heterocycles. The van der Waals surface area contributed by atoms with E-state index in [1.165, 1.54) is 17.4 Å². The Kier molecular flexibility index (Phi) is 10.5. The van der Waals surface area contributed by atoms with Crippen LogP contribution in [0.3, 0.4) is 0 Å². The average Bonchev–Trinajstić information content (AvgIpc) is 3.15. The maximum Gasteiger partial charge on any atom is 0.246 e. The number of amides is 3. The van der Waals surface area contributed by atoms with Crippen LogP contribution in [0.1, 0.15) is 66.1 Å². The Hall–Kier alpha value is -3.35. The van der Waals surface area contributed by atoms with E-state index < -0.39 is 12.1 Å². The minimum absolute atomic E-state index is 0.104. The quantitative estimate of drug-likeness (QED) is 0.392. The predicted molar refractivity (Wildman–Crippen MR) is 147 cm³/mol. The predicted octanol–water partition coefficient (Wildman–Crippen LogP) is 4.80. The Balaban J connectivity index is 2.27. The second kappa shape index (κ2) is 13.1. The fraction of sp³-hybridized carbons (Fsp3) is 0.483. The van der Waals surface area contributed by atoms with Crippen LogP contribution in [0.2, 0.25) is 0 Å². The molecule has 196 valence electrons. The van der Waals surface area contributed by atoms with E-state index in [2.05, 4.69) is 41.6 Å². The molecule has 7 nitrogen and oxygen atoms in total. The smallest absolute Gasteiger partial charge is 0.246 e. The number of hydrogen-bond acceptors (Lipinski definition) is 3. The molecule has 7 heteroatoms. The zero-order chi connectivity index (χ0) is 27.0. The molecule has 1 heterocycles. The fourth-order valence-corrected chi connectivity index (χ4v) is 4.17. The van der Waals surface area contributed by atoms with Gasteiger partial charge in [0, 0.05) is 48.8 Å².